The number of β-amino-alcohol motifs (C(OH)–C–C–N with tert-alkyl or cyclic N) is 1. The fraction of sp³-hybridized carbons (Fsp3) is 0.429. The lowest BCUT2D eigenvalue weighted by molar-refractivity contribution is -0.145. The first-order valence-corrected chi connectivity index (χ1v) is 13.2. The lowest BCUT2D eigenvalue weighted by Crippen LogP contribution is -2.42. The van der Waals surface area contributed by atoms with Crippen molar-refractivity contribution in [2.24, 2.45) is 0 Å². The van der Waals surface area contributed by atoms with Crippen LogP contribution in [0.2, 0.25) is 0 Å². The summed E-state index contributed by atoms with van der Waals surface area (Å²) in [6.07, 6.45) is -6.06. The molecular weight excluding hydrogens is 575 g/mol. The summed E-state index contributed by atoms with van der Waals surface area (Å²) in [5, 5.41) is 46.9. The number of aromatic nitrogens is 3. The zero-order valence-corrected chi connectivity index (χ0v) is 23.9. The lowest BCUT2D eigenvalue weighted by atomic mass is 9.99. The standard InChI is InChI=1S/C25H28F3N5O4.C3H6O3/c1-14-30-23(15-4-6-16(7-5-15)25(26,27)28)32-33(14)9-8-24(2,3)29-12-20(35)18-10-17(34)11-19-22(18)37-13-21(36)31-19;1-2(4)3(5)6/h4-7,10-11,20,29,34-35H,8-9,12-13H2,1-3H3,(H,31,36);2,4H,1H3,(H,5,6)/t;2-/m.0/s1. The van der Waals surface area contributed by atoms with Crippen molar-refractivity contribution in [3.8, 4) is 22.9 Å². The minimum absolute atomic E-state index is 0.108. The van der Waals surface area contributed by atoms with Gasteiger partial charge in [-0.1, -0.05) is 12.1 Å². The number of carboxylic acids is 1. The molecule has 12 nitrogen and oxygen atoms in total. The molecular formula is C28H34F3N5O7. The summed E-state index contributed by atoms with van der Waals surface area (Å²) < 4.78 is 45.6. The molecule has 1 unspecified atom stereocenters. The van der Waals surface area contributed by atoms with Gasteiger partial charge in [-0.05, 0) is 52.3 Å². The van der Waals surface area contributed by atoms with Crippen LogP contribution in [0, 0.1) is 6.92 Å². The van der Waals surface area contributed by atoms with Crippen LogP contribution in [0.25, 0.3) is 11.4 Å². The number of phenolic OH excluding ortho intramolecular Hbond substituents is 1. The first-order chi connectivity index (χ1) is 20.0. The second kappa shape index (κ2) is 13.4. The molecule has 2 aromatic carbocycles. The first-order valence-electron chi connectivity index (χ1n) is 13.2. The number of carbonyl (C=O) groups excluding carboxylic acids is 1. The summed E-state index contributed by atoms with van der Waals surface area (Å²) in [5.41, 5.74) is -0.0327. The Morgan fingerprint density at radius 1 is 1.19 bits per heavy atom. The number of nitrogens with zero attached hydrogens (tertiary/aromatic N) is 3. The summed E-state index contributed by atoms with van der Waals surface area (Å²) in [6, 6.07) is 7.48. The highest BCUT2D eigenvalue weighted by atomic mass is 19.4. The highest BCUT2D eigenvalue weighted by molar-refractivity contribution is 5.96. The third kappa shape index (κ3) is 9.14. The Balaban J connectivity index is 0.000000765. The van der Waals surface area contributed by atoms with Gasteiger partial charge in [0, 0.05) is 35.8 Å². The van der Waals surface area contributed by atoms with Gasteiger partial charge in [-0.15, -0.1) is 0 Å². The van der Waals surface area contributed by atoms with Gasteiger partial charge in [0.1, 0.15) is 23.4 Å². The smallest absolute Gasteiger partial charge is 0.416 e. The fourth-order valence-corrected chi connectivity index (χ4v) is 3.98. The number of benzene rings is 2. The van der Waals surface area contributed by atoms with Crippen molar-refractivity contribution in [1.29, 1.82) is 0 Å². The number of aromatic hydroxyl groups is 1. The molecule has 15 heteroatoms. The maximum absolute atomic E-state index is 12.8. The molecule has 2 atom stereocenters. The van der Waals surface area contributed by atoms with Crippen molar-refractivity contribution in [1.82, 2.24) is 20.1 Å². The number of carbonyl (C=O) groups is 2. The Morgan fingerprint density at radius 3 is 2.40 bits per heavy atom. The highest BCUT2D eigenvalue weighted by Gasteiger charge is 2.30. The van der Waals surface area contributed by atoms with Gasteiger partial charge in [-0.25, -0.2) is 14.5 Å². The normalized spacial score (nSPS) is 14.5. The molecule has 0 fully saturated rings. The number of amides is 1. The first kappa shape index (κ1) is 33.3. The summed E-state index contributed by atoms with van der Waals surface area (Å²) in [5.74, 6) is -0.357. The number of rotatable bonds is 9. The quantitative estimate of drug-likeness (QED) is 0.211. The topological polar surface area (TPSA) is 179 Å². The second-order valence-electron chi connectivity index (χ2n) is 10.6. The van der Waals surface area contributed by atoms with Crippen molar-refractivity contribution < 1.29 is 47.9 Å². The Hall–Kier alpha value is -4.21. The van der Waals surface area contributed by atoms with Crippen LogP contribution in [-0.4, -0.2) is 71.9 Å². The Labute approximate surface area is 245 Å². The minimum Gasteiger partial charge on any atom is -0.508 e. The average Bonchev–Trinajstić information content (AvgIpc) is 3.30. The van der Waals surface area contributed by atoms with Gasteiger partial charge >= 0.3 is 12.1 Å². The van der Waals surface area contributed by atoms with Crippen molar-refractivity contribution in [2.45, 2.75) is 64.6 Å². The molecule has 0 saturated carbocycles. The van der Waals surface area contributed by atoms with Gasteiger partial charge in [-0.3, -0.25) is 4.79 Å². The largest absolute Gasteiger partial charge is 0.508 e. The van der Waals surface area contributed by atoms with Crippen molar-refractivity contribution >= 4 is 17.6 Å². The summed E-state index contributed by atoms with van der Waals surface area (Å²) in [6.45, 7) is 7.33. The van der Waals surface area contributed by atoms with E-state index in [-0.39, 0.29) is 24.8 Å². The average molecular weight is 610 g/mol. The zero-order chi connectivity index (χ0) is 32.1. The molecule has 1 aliphatic rings. The van der Waals surface area contributed by atoms with E-state index in [0.29, 0.717) is 47.2 Å². The molecule has 0 spiro atoms. The summed E-state index contributed by atoms with van der Waals surface area (Å²) in [4.78, 5) is 25.4. The second-order valence-corrected chi connectivity index (χ2v) is 10.6. The van der Waals surface area contributed by atoms with Crippen LogP contribution in [0.4, 0.5) is 18.9 Å². The molecule has 1 amide bonds. The van der Waals surface area contributed by atoms with E-state index in [1.165, 1.54) is 31.2 Å². The van der Waals surface area contributed by atoms with Crippen LogP contribution >= 0.6 is 0 Å². The van der Waals surface area contributed by atoms with Crippen LogP contribution in [0.1, 0.15) is 50.2 Å². The molecule has 4 rings (SSSR count). The van der Waals surface area contributed by atoms with Gasteiger partial charge in [0.15, 0.2) is 12.4 Å². The molecule has 0 aliphatic carbocycles. The van der Waals surface area contributed by atoms with Gasteiger partial charge < -0.3 is 35.8 Å². The molecule has 1 aliphatic heterocycles. The summed E-state index contributed by atoms with van der Waals surface area (Å²) in [7, 11) is 0. The molecule has 1 aromatic heterocycles. The number of aliphatic carboxylic acids is 1. The van der Waals surface area contributed by atoms with Crippen molar-refractivity contribution in [3.05, 3.63) is 53.3 Å². The summed E-state index contributed by atoms with van der Waals surface area (Å²) >= 11 is 0. The third-order valence-electron chi connectivity index (χ3n) is 6.49. The van der Waals surface area contributed by atoms with E-state index in [2.05, 4.69) is 20.7 Å². The van der Waals surface area contributed by atoms with E-state index in [9.17, 15) is 33.0 Å². The van der Waals surface area contributed by atoms with Gasteiger partial charge in [0.25, 0.3) is 5.91 Å². The predicted octanol–water partition coefficient (Wildman–Crippen LogP) is 3.25. The number of nitrogens with one attached hydrogen (secondary N) is 2. The van der Waals surface area contributed by atoms with E-state index < -0.39 is 35.5 Å². The Morgan fingerprint density at radius 2 is 1.81 bits per heavy atom. The molecule has 0 radical (unpaired) electrons. The van der Waals surface area contributed by atoms with Gasteiger partial charge in [-0.2, -0.15) is 18.3 Å². The van der Waals surface area contributed by atoms with Crippen LogP contribution in [0.3, 0.4) is 0 Å². The molecule has 6 N–H and O–H groups in total. The van der Waals surface area contributed by atoms with Crippen LogP contribution in [0.5, 0.6) is 11.5 Å². The van der Waals surface area contributed by atoms with Crippen molar-refractivity contribution in [2.75, 3.05) is 18.5 Å². The maximum atomic E-state index is 12.8. The maximum Gasteiger partial charge on any atom is 0.416 e. The number of alkyl halides is 3. The van der Waals surface area contributed by atoms with E-state index >= 15 is 0 Å². The Bertz CT molecular complexity index is 1440. The number of aliphatic hydroxyl groups is 2. The number of aryl methyl sites for hydroxylation is 2. The number of anilines is 1. The van der Waals surface area contributed by atoms with E-state index in [0.717, 1.165) is 12.1 Å². The van der Waals surface area contributed by atoms with Gasteiger partial charge in [0.2, 0.25) is 0 Å². The Kier molecular flexibility index (Phi) is 10.4. The number of hydrogen-bond donors (Lipinski definition) is 6. The van der Waals surface area contributed by atoms with Gasteiger partial charge in [0.05, 0.1) is 17.4 Å². The van der Waals surface area contributed by atoms with E-state index in [1.54, 1.807) is 11.6 Å². The van der Waals surface area contributed by atoms with E-state index in [1.807, 2.05) is 13.8 Å². The lowest BCUT2D eigenvalue weighted by Gasteiger charge is -2.29. The van der Waals surface area contributed by atoms with Crippen LogP contribution < -0.4 is 15.4 Å². The number of halogens is 3. The zero-order valence-electron chi connectivity index (χ0n) is 23.9. The number of carboxylic acid groups (broad SMARTS) is 1. The number of aliphatic hydroxyl groups excluding tert-OH is 2. The third-order valence-corrected chi connectivity index (χ3v) is 6.49. The minimum atomic E-state index is -4.41. The van der Waals surface area contributed by atoms with Crippen LogP contribution in [-0.2, 0) is 22.3 Å². The molecule has 3 aromatic rings. The number of ether oxygens (including phenoxy) is 1. The number of hydrogen-bond acceptors (Lipinski definition) is 9. The molecule has 234 valence electrons. The molecule has 43 heavy (non-hydrogen) atoms. The highest BCUT2D eigenvalue weighted by Crippen LogP contribution is 2.39. The monoisotopic (exact) mass is 609 g/mol. The molecule has 2 heterocycles. The van der Waals surface area contributed by atoms with Crippen LogP contribution in [0.15, 0.2) is 36.4 Å². The number of fused-ring (bicyclic) bond motifs is 1. The van der Waals surface area contributed by atoms with Crippen molar-refractivity contribution in [3.63, 3.8) is 0 Å². The SMILES string of the molecule is C[C@H](O)C(=O)O.Cc1nc(-c2ccc(C(F)(F)F)cc2)nn1CCC(C)(C)NCC(O)c1cc(O)cc2c1OCC(=O)N2. The molecule has 0 bridgehead atoms. The molecule has 0 saturated heterocycles. The van der Waals surface area contributed by atoms with E-state index in [4.69, 9.17) is 14.9 Å². The fourth-order valence-electron chi connectivity index (χ4n) is 3.98. The predicted molar refractivity (Wildman–Crippen MR) is 148 cm³/mol. The number of phenols is 1.